The Morgan fingerprint density at radius 2 is 1.77 bits per heavy atom. The van der Waals surface area contributed by atoms with Crippen LogP contribution in [-0.2, 0) is 20.3 Å². The van der Waals surface area contributed by atoms with Gasteiger partial charge in [-0.25, -0.2) is 13.2 Å². The molecule has 2 aromatic carbocycles. The summed E-state index contributed by atoms with van der Waals surface area (Å²) in [5.41, 5.74) is 2.22. The molecule has 0 bridgehead atoms. The molecule has 0 spiro atoms. The molecule has 0 aromatic heterocycles. The van der Waals surface area contributed by atoms with Crippen molar-refractivity contribution >= 4 is 39.1 Å². The lowest BCUT2D eigenvalue weighted by Crippen LogP contribution is -2.29. The van der Waals surface area contributed by atoms with Gasteiger partial charge in [0.15, 0.2) is 5.71 Å². The Morgan fingerprint density at radius 3 is 2.37 bits per heavy atom. The standard InChI is InChI=1S/C26H28N2O6S/c1-19(29)27(20-11-5-4-6-12-20)16-8-7-15-23-26(2,3)24-21(25(30)31)13-9-14-22(24)28(23)17-10-18-35(32,33)34/h4-9,11-16H,10,17-18H2,1-3H3,(H-,30,31,32,33,34). The van der Waals surface area contributed by atoms with Crippen LogP contribution in [0.2, 0.25) is 0 Å². The van der Waals surface area contributed by atoms with E-state index in [9.17, 15) is 27.7 Å². The van der Waals surface area contributed by atoms with Crippen molar-refractivity contribution in [3.8, 4) is 0 Å². The average Bonchev–Trinajstić information content (AvgIpc) is 2.99. The molecule has 2 aromatic rings. The third kappa shape index (κ3) is 5.93. The van der Waals surface area contributed by atoms with Gasteiger partial charge in [-0.2, -0.15) is 4.58 Å². The number of nitrogens with zero attached hydrogens (tertiary/aromatic N) is 2. The van der Waals surface area contributed by atoms with E-state index in [2.05, 4.69) is 0 Å². The fourth-order valence-corrected chi connectivity index (χ4v) is 4.86. The van der Waals surface area contributed by atoms with Crippen LogP contribution in [0.3, 0.4) is 0 Å². The number of fused-ring (bicyclic) bond motifs is 1. The second-order valence-electron chi connectivity index (χ2n) is 8.71. The van der Waals surface area contributed by atoms with Gasteiger partial charge < -0.3 is 9.66 Å². The maximum Gasteiger partial charge on any atom is 0.336 e. The van der Waals surface area contributed by atoms with Gasteiger partial charge in [-0.05, 0) is 38.1 Å². The maximum absolute atomic E-state index is 12.1. The van der Waals surface area contributed by atoms with E-state index in [0.29, 0.717) is 11.3 Å². The fourth-order valence-electron chi connectivity index (χ4n) is 4.38. The molecular formula is C26H28N2O6S. The van der Waals surface area contributed by atoms with Gasteiger partial charge in [0, 0.05) is 43.1 Å². The van der Waals surface area contributed by atoms with Gasteiger partial charge in [-0.15, -0.1) is 0 Å². The number of carboxylic acid groups (broad SMARTS) is 1. The van der Waals surface area contributed by atoms with Crippen molar-refractivity contribution in [2.75, 3.05) is 17.2 Å². The summed E-state index contributed by atoms with van der Waals surface area (Å²) < 4.78 is 35.3. The third-order valence-corrected chi connectivity index (χ3v) is 6.66. The Balaban J connectivity index is 1.99. The highest BCUT2D eigenvalue weighted by molar-refractivity contribution is 7.85. The number of hydrogen-bond donors (Lipinski definition) is 1. The molecule has 0 radical (unpaired) electrons. The Labute approximate surface area is 205 Å². The zero-order chi connectivity index (χ0) is 25.8. The Kier molecular flexibility index (Phi) is 7.72. The zero-order valence-corrected chi connectivity index (χ0v) is 20.7. The van der Waals surface area contributed by atoms with Gasteiger partial charge >= 0.3 is 5.97 Å². The first-order chi connectivity index (χ1) is 16.4. The van der Waals surface area contributed by atoms with Crippen molar-refractivity contribution in [1.29, 1.82) is 0 Å². The van der Waals surface area contributed by atoms with E-state index in [-0.39, 0.29) is 24.4 Å². The highest BCUT2D eigenvalue weighted by Crippen LogP contribution is 2.42. The second-order valence-corrected chi connectivity index (χ2v) is 10.2. The Bertz CT molecular complexity index is 1320. The number of aromatic carboxylic acids is 1. The molecule has 184 valence electrons. The highest BCUT2D eigenvalue weighted by atomic mass is 32.2. The van der Waals surface area contributed by atoms with Gasteiger partial charge in [0.05, 0.1) is 26.7 Å². The molecule has 9 heteroatoms. The van der Waals surface area contributed by atoms with Gasteiger partial charge in [0.25, 0.3) is 0 Å². The SMILES string of the molecule is CC(=O)N(/C=C/C=C/C1=[N+](CCCS(=O)(=O)[O-])c2cccc(C(=O)O)c2C1(C)C)c1ccccc1. The smallest absolute Gasteiger partial charge is 0.336 e. The van der Waals surface area contributed by atoms with Gasteiger partial charge in [-0.3, -0.25) is 9.69 Å². The minimum absolute atomic E-state index is 0.0952. The van der Waals surface area contributed by atoms with Crippen molar-refractivity contribution in [3.05, 3.63) is 84.1 Å². The summed E-state index contributed by atoms with van der Waals surface area (Å²) in [6.07, 6.45) is 7.01. The summed E-state index contributed by atoms with van der Waals surface area (Å²) in [6, 6.07) is 14.2. The van der Waals surface area contributed by atoms with Crippen molar-refractivity contribution in [1.82, 2.24) is 0 Å². The van der Waals surface area contributed by atoms with E-state index < -0.39 is 27.3 Å². The number of carboxylic acids is 1. The van der Waals surface area contributed by atoms with Crippen LogP contribution in [0.1, 0.15) is 43.1 Å². The van der Waals surface area contributed by atoms with Crippen molar-refractivity contribution in [2.45, 2.75) is 32.6 Å². The molecule has 1 N–H and O–H groups in total. The summed E-state index contributed by atoms with van der Waals surface area (Å²) in [4.78, 5) is 25.5. The van der Waals surface area contributed by atoms with E-state index in [1.807, 2.05) is 54.8 Å². The van der Waals surface area contributed by atoms with Gasteiger partial charge in [0.2, 0.25) is 11.6 Å². The number of amides is 1. The lowest BCUT2D eigenvalue weighted by molar-refractivity contribution is -0.437. The molecular weight excluding hydrogens is 468 g/mol. The van der Waals surface area contributed by atoms with E-state index >= 15 is 0 Å². The largest absolute Gasteiger partial charge is 0.748 e. The molecule has 0 unspecified atom stereocenters. The topological polar surface area (TPSA) is 118 Å². The summed E-state index contributed by atoms with van der Waals surface area (Å²) in [6.45, 7) is 5.50. The van der Waals surface area contributed by atoms with Crippen LogP contribution in [0.15, 0.2) is 73.0 Å². The molecule has 3 rings (SSSR count). The number of carbonyl (C=O) groups is 2. The minimum Gasteiger partial charge on any atom is -0.748 e. The molecule has 1 heterocycles. The van der Waals surface area contributed by atoms with Gasteiger partial charge in [-0.1, -0.05) is 30.3 Å². The zero-order valence-electron chi connectivity index (χ0n) is 19.8. The normalized spacial score (nSPS) is 15.1. The molecule has 0 saturated carbocycles. The molecule has 1 aliphatic heterocycles. The first kappa shape index (κ1) is 26.1. The summed E-state index contributed by atoms with van der Waals surface area (Å²) in [5.74, 6) is -1.73. The predicted octanol–water partition coefficient (Wildman–Crippen LogP) is 3.82. The number of anilines is 1. The monoisotopic (exact) mass is 496 g/mol. The predicted molar refractivity (Wildman–Crippen MR) is 133 cm³/mol. The summed E-state index contributed by atoms with van der Waals surface area (Å²) >= 11 is 0. The van der Waals surface area contributed by atoms with Crippen LogP contribution < -0.4 is 4.90 Å². The average molecular weight is 497 g/mol. The summed E-state index contributed by atoms with van der Waals surface area (Å²) in [5, 5.41) is 9.76. The molecule has 0 atom stereocenters. The number of hydrogen-bond acceptors (Lipinski definition) is 5. The molecule has 0 fully saturated rings. The fraction of sp³-hybridized carbons (Fsp3) is 0.269. The lowest BCUT2D eigenvalue weighted by Gasteiger charge is -2.17. The second kappa shape index (κ2) is 10.4. The maximum atomic E-state index is 12.1. The van der Waals surface area contributed by atoms with E-state index in [1.165, 1.54) is 11.8 Å². The number of para-hydroxylation sites is 1. The van der Waals surface area contributed by atoms with Crippen LogP contribution in [0.5, 0.6) is 0 Å². The van der Waals surface area contributed by atoms with E-state index in [1.54, 1.807) is 36.6 Å². The lowest BCUT2D eigenvalue weighted by atomic mass is 9.79. The molecule has 1 amide bonds. The minimum atomic E-state index is -4.37. The Hall–Kier alpha value is -3.56. The van der Waals surface area contributed by atoms with Crippen LogP contribution in [0.4, 0.5) is 11.4 Å². The molecule has 1 aliphatic rings. The van der Waals surface area contributed by atoms with Crippen LogP contribution >= 0.6 is 0 Å². The number of benzene rings is 2. The number of carbonyl (C=O) groups excluding carboxylic acids is 1. The van der Waals surface area contributed by atoms with E-state index in [0.717, 1.165) is 11.4 Å². The molecule has 0 saturated heterocycles. The first-order valence-corrected chi connectivity index (χ1v) is 12.7. The Morgan fingerprint density at radius 1 is 1.09 bits per heavy atom. The van der Waals surface area contributed by atoms with E-state index in [4.69, 9.17) is 0 Å². The molecule has 0 aliphatic carbocycles. The quantitative estimate of drug-likeness (QED) is 0.320. The first-order valence-electron chi connectivity index (χ1n) is 11.1. The van der Waals surface area contributed by atoms with Gasteiger partial charge in [0.1, 0.15) is 6.54 Å². The summed E-state index contributed by atoms with van der Waals surface area (Å²) in [7, 11) is -4.37. The van der Waals surface area contributed by atoms with Crippen LogP contribution in [0.25, 0.3) is 0 Å². The van der Waals surface area contributed by atoms with Crippen molar-refractivity contribution in [3.63, 3.8) is 0 Å². The number of rotatable bonds is 9. The molecule has 35 heavy (non-hydrogen) atoms. The van der Waals surface area contributed by atoms with Crippen LogP contribution in [0, 0.1) is 0 Å². The molecule has 8 nitrogen and oxygen atoms in total. The van der Waals surface area contributed by atoms with Crippen LogP contribution in [-0.4, -0.2) is 52.5 Å². The third-order valence-electron chi connectivity index (χ3n) is 5.87. The highest BCUT2D eigenvalue weighted by Gasteiger charge is 2.46. The number of allylic oxidation sites excluding steroid dienone is 3. The van der Waals surface area contributed by atoms with Crippen molar-refractivity contribution in [2.24, 2.45) is 0 Å². The van der Waals surface area contributed by atoms with Crippen molar-refractivity contribution < 1.29 is 32.2 Å².